The molecular formula is C15H29NO. The average Bonchev–Trinajstić information content (AvgIpc) is 2.78. The fourth-order valence-electron chi connectivity index (χ4n) is 2.64. The Kier molecular flexibility index (Phi) is 6.61. The first-order valence-electron chi connectivity index (χ1n) is 7.33. The highest BCUT2D eigenvalue weighted by molar-refractivity contribution is 5.75. The van der Waals surface area contributed by atoms with Gasteiger partial charge in [0.05, 0.1) is 0 Å². The van der Waals surface area contributed by atoms with E-state index in [1.54, 1.807) is 0 Å². The molecule has 1 aliphatic rings. The minimum atomic E-state index is 0.324. The zero-order valence-electron chi connectivity index (χ0n) is 11.9. The fraction of sp³-hybridized carbons (Fsp3) is 0.933. The number of nitrogens with zero attached hydrogens (tertiary/aromatic N) is 1. The standard InChI is InChI=1S/C15H29NO/c1-13(2)10-11-15(17)16(3)12-6-9-14-7-4-5-8-14/h13-14H,4-12H2,1-3H3. The Morgan fingerprint density at radius 1 is 1.29 bits per heavy atom. The van der Waals surface area contributed by atoms with Crippen LogP contribution in [0.15, 0.2) is 0 Å². The zero-order valence-corrected chi connectivity index (χ0v) is 11.9. The molecule has 0 aromatic carbocycles. The van der Waals surface area contributed by atoms with Crippen molar-refractivity contribution in [1.29, 1.82) is 0 Å². The van der Waals surface area contributed by atoms with Crippen LogP contribution < -0.4 is 0 Å². The number of rotatable bonds is 7. The molecule has 0 spiro atoms. The average molecular weight is 239 g/mol. The van der Waals surface area contributed by atoms with Crippen LogP contribution in [-0.2, 0) is 4.79 Å². The van der Waals surface area contributed by atoms with Gasteiger partial charge in [-0.15, -0.1) is 0 Å². The van der Waals surface area contributed by atoms with Gasteiger partial charge in [-0.2, -0.15) is 0 Å². The lowest BCUT2D eigenvalue weighted by Gasteiger charge is -2.18. The van der Waals surface area contributed by atoms with E-state index in [0.717, 1.165) is 25.3 Å². The number of hydrogen-bond donors (Lipinski definition) is 0. The molecule has 17 heavy (non-hydrogen) atoms. The van der Waals surface area contributed by atoms with E-state index in [1.807, 2.05) is 11.9 Å². The predicted octanol–water partition coefficient (Wildman–Crippen LogP) is 3.85. The third-order valence-electron chi connectivity index (χ3n) is 3.94. The summed E-state index contributed by atoms with van der Waals surface area (Å²) in [7, 11) is 1.96. The van der Waals surface area contributed by atoms with Gasteiger partial charge in [0.1, 0.15) is 0 Å². The van der Waals surface area contributed by atoms with Crippen LogP contribution >= 0.6 is 0 Å². The normalized spacial score (nSPS) is 16.7. The molecule has 1 fully saturated rings. The molecule has 0 bridgehead atoms. The highest BCUT2D eigenvalue weighted by atomic mass is 16.2. The van der Waals surface area contributed by atoms with Crippen molar-refractivity contribution in [3.8, 4) is 0 Å². The van der Waals surface area contributed by atoms with Gasteiger partial charge >= 0.3 is 0 Å². The van der Waals surface area contributed by atoms with Gasteiger partial charge in [-0.3, -0.25) is 4.79 Å². The maximum Gasteiger partial charge on any atom is 0.222 e. The van der Waals surface area contributed by atoms with E-state index in [9.17, 15) is 4.79 Å². The molecule has 0 atom stereocenters. The monoisotopic (exact) mass is 239 g/mol. The molecule has 0 aromatic rings. The van der Waals surface area contributed by atoms with Crippen LogP contribution in [0.3, 0.4) is 0 Å². The summed E-state index contributed by atoms with van der Waals surface area (Å²) in [4.78, 5) is 13.7. The first-order valence-corrected chi connectivity index (χ1v) is 7.33. The highest BCUT2D eigenvalue weighted by Gasteiger charge is 2.15. The maximum atomic E-state index is 11.8. The van der Waals surface area contributed by atoms with Gasteiger partial charge in [-0.25, -0.2) is 0 Å². The summed E-state index contributed by atoms with van der Waals surface area (Å²) in [5, 5.41) is 0. The third-order valence-corrected chi connectivity index (χ3v) is 3.94. The Morgan fingerprint density at radius 2 is 1.94 bits per heavy atom. The quantitative estimate of drug-likeness (QED) is 0.661. The lowest BCUT2D eigenvalue weighted by Crippen LogP contribution is -2.28. The summed E-state index contributed by atoms with van der Waals surface area (Å²) in [6.45, 7) is 5.30. The van der Waals surface area contributed by atoms with E-state index in [0.29, 0.717) is 11.8 Å². The van der Waals surface area contributed by atoms with Crippen molar-refractivity contribution < 1.29 is 4.79 Å². The summed E-state index contributed by atoms with van der Waals surface area (Å²) in [6.07, 6.45) is 9.94. The highest BCUT2D eigenvalue weighted by Crippen LogP contribution is 2.28. The van der Waals surface area contributed by atoms with Crippen molar-refractivity contribution in [2.45, 2.75) is 65.2 Å². The molecule has 0 unspecified atom stereocenters. The number of amides is 1. The molecule has 1 aliphatic carbocycles. The van der Waals surface area contributed by atoms with Gasteiger partial charge in [0.2, 0.25) is 5.91 Å². The summed E-state index contributed by atoms with van der Waals surface area (Å²) in [5.41, 5.74) is 0. The van der Waals surface area contributed by atoms with Crippen molar-refractivity contribution in [2.24, 2.45) is 11.8 Å². The second-order valence-electron chi connectivity index (χ2n) is 6.04. The van der Waals surface area contributed by atoms with Crippen LogP contribution in [0, 0.1) is 11.8 Å². The van der Waals surface area contributed by atoms with Crippen molar-refractivity contribution in [1.82, 2.24) is 4.90 Å². The molecule has 1 saturated carbocycles. The summed E-state index contributed by atoms with van der Waals surface area (Å²) in [5.74, 6) is 1.91. The molecule has 0 radical (unpaired) electrons. The largest absolute Gasteiger partial charge is 0.346 e. The molecule has 2 nitrogen and oxygen atoms in total. The first-order chi connectivity index (χ1) is 8.09. The Balaban J connectivity index is 2.06. The van der Waals surface area contributed by atoms with E-state index < -0.39 is 0 Å². The number of carbonyl (C=O) groups is 1. The lowest BCUT2D eigenvalue weighted by molar-refractivity contribution is -0.130. The lowest BCUT2D eigenvalue weighted by atomic mass is 10.0. The van der Waals surface area contributed by atoms with Crippen LogP contribution in [-0.4, -0.2) is 24.4 Å². The van der Waals surface area contributed by atoms with E-state index in [1.165, 1.54) is 38.5 Å². The third kappa shape index (κ3) is 6.09. The van der Waals surface area contributed by atoms with E-state index in [4.69, 9.17) is 0 Å². The zero-order chi connectivity index (χ0) is 12.7. The molecule has 1 rings (SSSR count). The second kappa shape index (κ2) is 7.73. The SMILES string of the molecule is CC(C)CCC(=O)N(C)CCCC1CCCC1. The Morgan fingerprint density at radius 3 is 2.53 bits per heavy atom. The Bertz CT molecular complexity index is 219. The topological polar surface area (TPSA) is 20.3 Å². The van der Waals surface area contributed by atoms with Crippen molar-refractivity contribution >= 4 is 5.91 Å². The summed E-state index contributed by atoms with van der Waals surface area (Å²) < 4.78 is 0. The molecule has 0 N–H and O–H groups in total. The first kappa shape index (κ1) is 14.5. The second-order valence-corrected chi connectivity index (χ2v) is 6.04. The molecule has 1 amide bonds. The number of carbonyl (C=O) groups excluding carboxylic acids is 1. The van der Waals surface area contributed by atoms with Gasteiger partial charge in [-0.1, -0.05) is 39.5 Å². The van der Waals surface area contributed by atoms with Crippen LogP contribution in [0.2, 0.25) is 0 Å². The van der Waals surface area contributed by atoms with Crippen molar-refractivity contribution in [2.75, 3.05) is 13.6 Å². The minimum Gasteiger partial charge on any atom is -0.346 e. The molecule has 100 valence electrons. The predicted molar refractivity (Wildman–Crippen MR) is 72.9 cm³/mol. The molecule has 2 heteroatoms. The van der Waals surface area contributed by atoms with Crippen LogP contribution in [0.5, 0.6) is 0 Å². The Hall–Kier alpha value is -0.530. The fourth-order valence-corrected chi connectivity index (χ4v) is 2.64. The Labute approximate surface area is 107 Å². The van der Waals surface area contributed by atoms with E-state index in [-0.39, 0.29) is 0 Å². The van der Waals surface area contributed by atoms with Crippen LogP contribution in [0.25, 0.3) is 0 Å². The van der Waals surface area contributed by atoms with E-state index >= 15 is 0 Å². The smallest absolute Gasteiger partial charge is 0.222 e. The van der Waals surface area contributed by atoms with Gasteiger partial charge in [0.15, 0.2) is 0 Å². The molecular weight excluding hydrogens is 210 g/mol. The summed E-state index contributed by atoms with van der Waals surface area (Å²) in [6, 6.07) is 0. The van der Waals surface area contributed by atoms with Crippen molar-refractivity contribution in [3.05, 3.63) is 0 Å². The minimum absolute atomic E-state index is 0.324. The molecule has 0 saturated heterocycles. The van der Waals surface area contributed by atoms with Crippen molar-refractivity contribution in [3.63, 3.8) is 0 Å². The molecule has 0 heterocycles. The van der Waals surface area contributed by atoms with E-state index in [2.05, 4.69) is 13.8 Å². The van der Waals surface area contributed by atoms with Gasteiger partial charge in [-0.05, 0) is 31.1 Å². The van der Waals surface area contributed by atoms with Gasteiger partial charge < -0.3 is 4.90 Å². The summed E-state index contributed by atoms with van der Waals surface area (Å²) >= 11 is 0. The van der Waals surface area contributed by atoms with Gasteiger partial charge in [0.25, 0.3) is 0 Å². The molecule has 0 aromatic heterocycles. The number of hydrogen-bond acceptors (Lipinski definition) is 1. The van der Waals surface area contributed by atoms with Gasteiger partial charge in [0, 0.05) is 20.0 Å². The molecule has 0 aliphatic heterocycles. The van der Waals surface area contributed by atoms with Crippen LogP contribution in [0.4, 0.5) is 0 Å². The van der Waals surface area contributed by atoms with Crippen LogP contribution in [0.1, 0.15) is 65.2 Å². The maximum absolute atomic E-state index is 11.8.